The van der Waals surface area contributed by atoms with Gasteiger partial charge in [-0.15, -0.1) is 0 Å². The van der Waals surface area contributed by atoms with Crippen LogP contribution in [-0.4, -0.2) is 15.3 Å². The van der Waals surface area contributed by atoms with E-state index in [1.807, 2.05) is 28.9 Å². The zero-order chi connectivity index (χ0) is 13.2. The number of carbonyl (C=O) groups excluding carboxylic acids is 1. The van der Waals surface area contributed by atoms with E-state index < -0.39 is 0 Å². The van der Waals surface area contributed by atoms with Gasteiger partial charge >= 0.3 is 0 Å². The molecule has 0 fully saturated rings. The van der Waals surface area contributed by atoms with E-state index in [1.165, 1.54) is 6.26 Å². The van der Waals surface area contributed by atoms with E-state index in [0.717, 1.165) is 15.8 Å². The number of aromatic nitrogens is 2. The number of nitrogens with zero attached hydrogens (tertiary/aromatic N) is 2. The predicted octanol–water partition coefficient (Wildman–Crippen LogP) is 2.62. The molecule has 19 heavy (non-hydrogen) atoms. The number of fused-ring (bicyclic) bond motifs is 1. The van der Waals surface area contributed by atoms with Crippen molar-refractivity contribution < 1.29 is 9.21 Å². The maximum atomic E-state index is 11.7. The number of amides is 1. The number of nitrogens with one attached hydrogen (secondary N) is 1. The summed E-state index contributed by atoms with van der Waals surface area (Å²) in [5.74, 6) is 0.0507. The monoisotopic (exact) mass is 319 g/mol. The summed E-state index contributed by atoms with van der Waals surface area (Å²) in [4.78, 5) is 16.1. The largest absolute Gasteiger partial charge is 0.459 e. The van der Waals surface area contributed by atoms with Crippen molar-refractivity contribution in [2.45, 2.75) is 6.54 Å². The molecule has 0 saturated carbocycles. The van der Waals surface area contributed by atoms with Crippen molar-refractivity contribution in [2.24, 2.45) is 0 Å². The van der Waals surface area contributed by atoms with Crippen LogP contribution in [0.4, 0.5) is 0 Å². The summed E-state index contributed by atoms with van der Waals surface area (Å²) < 4.78 is 7.89. The van der Waals surface area contributed by atoms with E-state index in [1.54, 1.807) is 12.1 Å². The van der Waals surface area contributed by atoms with Crippen molar-refractivity contribution in [1.29, 1.82) is 0 Å². The van der Waals surface area contributed by atoms with Gasteiger partial charge in [-0.1, -0.05) is 0 Å². The first-order chi connectivity index (χ1) is 9.22. The Morgan fingerprint density at radius 3 is 3.05 bits per heavy atom. The summed E-state index contributed by atoms with van der Waals surface area (Å²) >= 11 is 3.40. The van der Waals surface area contributed by atoms with Crippen molar-refractivity contribution in [3.8, 4) is 0 Å². The van der Waals surface area contributed by atoms with Gasteiger partial charge in [-0.2, -0.15) is 0 Å². The molecule has 0 aliphatic heterocycles. The lowest BCUT2D eigenvalue weighted by Gasteiger charge is -1.99. The third-order valence-corrected chi connectivity index (χ3v) is 3.11. The number of furan rings is 1. The first-order valence-corrected chi connectivity index (χ1v) is 6.46. The van der Waals surface area contributed by atoms with Crippen LogP contribution in [0.2, 0.25) is 0 Å². The average Bonchev–Trinajstić information content (AvgIpc) is 3.04. The smallest absolute Gasteiger partial charge is 0.287 e. The number of imidazole rings is 1. The molecule has 0 saturated heterocycles. The predicted molar refractivity (Wildman–Crippen MR) is 72.8 cm³/mol. The molecule has 3 heterocycles. The third-order valence-electron chi connectivity index (χ3n) is 2.64. The highest BCUT2D eigenvalue weighted by Gasteiger charge is 2.09. The van der Waals surface area contributed by atoms with Gasteiger partial charge in [-0.3, -0.25) is 4.79 Å². The van der Waals surface area contributed by atoms with Crippen LogP contribution in [0, 0.1) is 0 Å². The molecule has 0 aliphatic carbocycles. The van der Waals surface area contributed by atoms with Gasteiger partial charge in [0.25, 0.3) is 5.91 Å². The summed E-state index contributed by atoms with van der Waals surface area (Å²) in [5.41, 5.74) is 1.63. The van der Waals surface area contributed by atoms with Crippen molar-refractivity contribution >= 4 is 27.5 Å². The van der Waals surface area contributed by atoms with Crippen molar-refractivity contribution in [1.82, 2.24) is 14.7 Å². The first-order valence-electron chi connectivity index (χ1n) is 5.67. The van der Waals surface area contributed by atoms with E-state index >= 15 is 0 Å². The molecule has 0 radical (unpaired) electrons. The molecule has 0 spiro atoms. The molecular formula is C13H10BrN3O2. The molecule has 5 nitrogen and oxygen atoms in total. The Balaban J connectivity index is 1.73. The Morgan fingerprint density at radius 2 is 2.26 bits per heavy atom. The van der Waals surface area contributed by atoms with E-state index in [0.29, 0.717) is 12.3 Å². The fourth-order valence-electron chi connectivity index (χ4n) is 1.77. The molecule has 3 aromatic heterocycles. The minimum atomic E-state index is -0.247. The van der Waals surface area contributed by atoms with E-state index in [2.05, 4.69) is 26.2 Å². The summed E-state index contributed by atoms with van der Waals surface area (Å²) in [5, 5.41) is 2.76. The quantitative estimate of drug-likeness (QED) is 0.807. The maximum Gasteiger partial charge on any atom is 0.287 e. The molecule has 0 atom stereocenters. The second-order valence-electron chi connectivity index (χ2n) is 4.01. The van der Waals surface area contributed by atoms with Crippen LogP contribution in [0.15, 0.2) is 51.8 Å². The van der Waals surface area contributed by atoms with Crippen LogP contribution in [-0.2, 0) is 6.54 Å². The minimum absolute atomic E-state index is 0.247. The van der Waals surface area contributed by atoms with Gasteiger partial charge in [-0.05, 0) is 40.2 Å². The number of carbonyl (C=O) groups is 1. The van der Waals surface area contributed by atoms with Gasteiger partial charge in [0.05, 0.1) is 18.5 Å². The average molecular weight is 320 g/mol. The minimum Gasteiger partial charge on any atom is -0.459 e. The number of rotatable bonds is 3. The Hall–Kier alpha value is -2.08. The molecule has 1 amide bonds. The number of hydrogen-bond donors (Lipinski definition) is 1. The molecule has 0 unspecified atom stereocenters. The molecule has 3 rings (SSSR count). The summed E-state index contributed by atoms with van der Waals surface area (Å²) in [7, 11) is 0. The maximum absolute atomic E-state index is 11.7. The van der Waals surface area contributed by atoms with Gasteiger partial charge in [0.1, 0.15) is 5.65 Å². The standard InChI is InChI=1S/C13H10BrN3O2/c14-9-3-4-12-16-10(8-17(12)7-9)6-15-13(18)11-2-1-5-19-11/h1-5,7-8H,6H2,(H,15,18). The molecule has 96 valence electrons. The lowest BCUT2D eigenvalue weighted by molar-refractivity contribution is 0.0922. The fourth-order valence-corrected chi connectivity index (χ4v) is 2.12. The number of pyridine rings is 1. The van der Waals surface area contributed by atoms with Gasteiger partial charge < -0.3 is 14.1 Å². The summed E-state index contributed by atoms with van der Waals surface area (Å²) in [6.45, 7) is 0.360. The third kappa shape index (κ3) is 2.53. The van der Waals surface area contributed by atoms with Gasteiger partial charge in [0, 0.05) is 16.9 Å². The molecule has 0 bridgehead atoms. The summed E-state index contributed by atoms with van der Waals surface area (Å²) in [6, 6.07) is 7.13. The zero-order valence-corrected chi connectivity index (χ0v) is 11.4. The molecule has 3 aromatic rings. The molecule has 6 heteroatoms. The second-order valence-corrected chi connectivity index (χ2v) is 4.92. The second kappa shape index (κ2) is 4.89. The SMILES string of the molecule is O=C(NCc1cn2cc(Br)ccc2n1)c1ccco1. The Kier molecular flexibility index (Phi) is 3.08. The van der Waals surface area contributed by atoms with Gasteiger partial charge in [0.2, 0.25) is 0 Å². The van der Waals surface area contributed by atoms with Crippen LogP contribution in [0.3, 0.4) is 0 Å². The highest BCUT2D eigenvalue weighted by molar-refractivity contribution is 9.10. The Bertz CT molecular complexity index is 719. The topological polar surface area (TPSA) is 59.5 Å². The molecule has 1 N–H and O–H groups in total. The lowest BCUT2D eigenvalue weighted by atomic mass is 10.4. The van der Waals surface area contributed by atoms with E-state index in [9.17, 15) is 4.79 Å². The van der Waals surface area contributed by atoms with E-state index in [-0.39, 0.29) is 5.91 Å². The normalized spacial score (nSPS) is 10.8. The van der Waals surface area contributed by atoms with Crippen LogP contribution in [0.5, 0.6) is 0 Å². The van der Waals surface area contributed by atoms with Crippen LogP contribution < -0.4 is 5.32 Å². The summed E-state index contributed by atoms with van der Waals surface area (Å²) in [6.07, 6.45) is 5.26. The van der Waals surface area contributed by atoms with Gasteiger partial charge in [-0.25, -0.2) is 4.98 Å². The van der Waals surface area contributed by atoms with E-state index in [4.69, 9.17) is 4.42 Å². The fraction of sp³-hybridized carbons (Fsp3) is 0.0769. The number of halogens is 1. The van der Waals surface area contributed by atoms with Crippen LogP contribution in [0.25, 0.3) is 5.65 Å². The molecular weight excluding hydrogens is 310 g/mol. The Labute approximate surface area is 117 Å². The zero-order valence-electron chi connectivity index (χ0n) is 9.84. The number of hydrogen-bond acceptors (Lipinski definition) is 3. The molecule has 0 aliphatic rings. The highest BCUT2D eigenvalue weighted by Crippen LogP contribution is 2.12. The van der Waals surface area contributed by atoms with Crippen molar-refractivity contribution in [3.63, 3.8) is 0 Å². The molecule has 0 aromatic carbocycles. The lowest BCUT2D eigenvalue weighted by Crippen LogP contribution is -2.22. The van der Waals surface area contributed by atoms with Crippen molar-refractivity contribution in [3.05, 3.63) is 58.8 Å². The van der Waals surface area contributed by atoms with Crippen LogP contribution in [0.1, 0.15) is 16.2 Å². The van der Waals surface area contributed by atoms with Gasteiger partial charge in [0.15, 0.2) is 5.76 Å². The highest BCUT2D eigenvalue weighted by atomic mass is 79.9. The first kappa shape index (κ1) is 12.0. The van der Waals surface area contributed by atoms with Crippen molar-refractivity contribution in [2.75, 3.05) is 0 Å². The van der Waals surface area contributed by atoms with Crippen LogP contribution >= 0.6 is 15.9 Å². The Morgan fingerprint density at radius 1 is 1.37 bits per heavy atom.